The van der Waals surface area contributed by atoms with E-state index >= 15 is 0 Å². The third kappa shape index (κ3) is 3.52. The van der Waals surface area contributed by atoms with E-state index in [-0.39, 0.29) is 5.91 Å². The second kappa shape index (κ2) is 6.91. The van der Waals surface area contributed by atoms with E-state index in [4.69, 9.17) is 23.2 Å². The van der Waals surface area contributed by atoms with Gasteiger partial charge in [-0.3, -0.25) is 9.48 Å². The standard InChI is InChI=1S/C16H15Cl2N3OS/c1-10-12(17)9-21(20-10)8-4-7-19-16(22)15-14(18)11-5-2-3-6-13(11)23-15/h2-3,5-6,9H,4,7-8H2,1H3,(H,19,22). The van der Waals surface area contributed by atoms with Crippen molar-refractivity contribution in [3.63, 3.8) is 0 Å². The van der Waals surface area contributed by atoms with Gasteiger partial charge in [-0.05, 0) is 19.4 Å². The van der Waals surface area contributed by atoms with Crippen LogP contribution in [0.15, 0.2) is 30.5 Å². The number of aromatic nitrogens is 2. The fourth-order valence-electron chi connectivity index (χ4n) is 2.29. The molecule has 1 amide bonds. The van der Waals surface area contributed by atoms with Gasteiger partial charge < -0.3 is 5.32 Å². The number of nitrogens with one attached hydrogen (secondary N) is 1. The monoisotopic (exact) mass is 367 g/mol. The van der Waals surface area contributed by atoms with Crippen molar-refractivity contribution >= 4 is 50.5 Å². The van der Waals surface area contributed by atoms with Crippen LogP contribution in [0.25, 0.3) is 10.1 Å². The number of carbonyl (C=O) groups excluding carboxylic acids is 1. The normalized spacial score (nSPS) is 11.1. The SMILES string of the molecule is Cc1nn(CCCNC(=O)c2sc3ccccc3c2Cl)cc1Cl. The highest BCUT2D eigenvalue weighted by atomic mass is 35.5. The number of fused-ring (bicyclic) bond motifs is 1. The van der Waals surface area contributed by atoms with Crippen molar-refractivity contribution in [3.8, 4) is 0 Å². The fourth-order valence-corrected chi connectivity index (χ4v) is 3.88. The maximum Gasteiger partial charge on any atom is 0.262 e. The van der Waals surface area contributed by atoms with Gasteiger partial charge in [0.1, 0.15) is 4.88 Å². The van der Waals surface area contributed by atoms with Gasteiger partial charge in [0.25, 0.3) is 5.91 Å². The number of hydrogen-bond donors (Lipinski definition) is 1. The molecule has 0 aliphatic carbocycles. The topological polar surface area (TPSA) is 46.9 Å². The van der Waals surface area contributed by atoms with Crippen LogP contribution in [0, 0.1) is 6.92 Å². The van der Waals surface area contributed by atoms with E-state index < -0.39 is 0 Å². The Kier molecular flexibility index (Phi) is 4.90. The van der Waals surface area contributed by atoms with E-state index in [0.717, 1.165) is 22.2 Å². The Bertz CT molecular complexity index is 837. The van der Waals surface area contributed by atoms with Gasteiger partial charge >= 0.3 is 0 Å². The van der Waals surface area contributed by atoms with Gasteiger partial charge in [-0.1, -0.05) is 41.4 Å². The third-order valence-electron chi connectivity index (χ3n) is 3.48. The molecule has 0 atom stereocenters. The Labute approximate surface area is 148 Å². The van der Waals surface area contributed by atoms with Gasteiger partial charge in [0.2, 0.25) is 0 Å². The van der Waals surface area contributed by atoms with Crippen LogP contribution in [0.2, 0.25) is 10.0 Å². The summed E-state index contributed by atoms with van der Waals surface area (Å²) in [6.07, 6.45) is 2.56. The minimum Gasteiger partial charge on any atom is -0.351 e. The van der Waals surface area contributed by atoms with Crippen LogP contribution < -0.4 is 5.32 Å². The minimum atomic E-state index is -0.133. The molecule has 0 aliphatic rings. The number of nitrogens with zero attached hydrogens (tertiary/aromatic N) is 2. The molecule has 0 spiro atoms. The lowest BCUT2D eigenvalue weighted by atomic mass is 10.2. The summed E-state index contributed by atoms with van der Waals surface area (Å²) in [4.78, 5) is 12.8. The molecular formula is C16H15Cl2N3OS. The summed E-state index contributed by atoms with van der Waals surface area (Å²) in [6.45, 7) is 3.12. The van der Waals surface area contributed by atoms with Gasteiger partial charge in [0.05, 0.1) is 15.7 Å². The van der Waals surface area contributed by atoms with E-state index in [1.165, 1.54) is 11.3 Å². The van der Waals surface area contributed by atoms with Crippen LogP contribution >= 0.6 is 34.5 Å². The van der Waals surface area contributed by atoms with E-state index in [9.17, 15) is 4.79 Å². The Hall–Kier alpha value is -1.56. The molecule has 2 heterocycles. The Morgan fingerprint density at radius 3 is 2.83 bits per heavy atom. The molecule has 4 nitrogen and oxygen atoms in total. The zero-order chi connectivity index (χ0) is 16.4. The molecule has 0 saturated heterocycles. The molecule has 2 aromatic heterocycles. The molecule has 1 aromatic carbocycles. The average molecular weight is 368 g/mol. The molecule has 120 valence electrons. The molecule has 0 saturated carbocycles. The number of hydrogen-bond acceptors (Lipinski definition) is 3. The Morgan fingerprint density at radius 2 is 2.13 bits per heavy atom. The predicted molar refractivity (Wildman–Crippen MR) is 95.8 cm³/mol. The van der Waals surface area contributed by atoms with Gasteiger partial charge in [-0.25, -0.2) is 0 Å². The number of carbonyl (C=O) groups is 1. The molecule has 23 heavy (non-hydrogen) atoms. The van der Waals surface area contributed by atoms with E-state index in [1.807, 2.05) is 31.2 Å². The Balaban J connectivity index is 1.57. The largest absolute Gasteiger partial charge is 0.351 e. The highest BCUT2D eigenvalue weighted by Gasteiger charge is 2.16. The zero-order valence-electron chi connectivity index (χ0n) is 12.5. The second-order valence-electron chi connectivity index (χ2n) is 5.18. The van der Waals surface area contributed by atoms with E-state index in [1.54, 1.807) is 10.9 Å². The van der Waals surface area contributed by atoms with Crippen molar-refractivity contribution in [2.45, 2.75) is 19.9 Å². The van der Waals surface area contributed by atoms with Crippen molar-refractivity contribution in [1.82, 2.24) is 15.1 Å². The van der Waals surface area contributed by atoms with Crippen molar-refractivity contribution in [3.05, 3.63) is 51.1 Å². The van der Waals surface area contributed by atoms with Crippen LogP contribution in [0.1, 0.15) is 21.8 Å². The molecule has 0 fully saturated rings. The van der Waals surface area contributed by atoms with Crippen LogP contribution in [0.3, 0.4) is 0 Å². The summed E-state index contributed by atoms with van der Waals surface area (Å²) in [5.74, 6) is -0.133. The van der Waals surface area contributed by atoms with Gasteiger partial charge in [-0.15, -0.1) is 11.3 Å². The number of benzene rings is 1. The number of aryl methyl sites for hydroxylation is 2. The van der Waals surface area contributed by atoms with Gasteiger partial charge in [0.15, 0.2) is 0 Å². The highest BCUT2D eigenvalue weighted by Crippen LogP contribution is 2.34. The maximum absolute atomic E-state index is 12.3. The van der Waals surface area contributed by atoms with Crippen molar-refractivity contribution in [2.24, 2.45) is 0 Å². The van der Waals surface area contributed by atoms with Crippen molar-refractivity contribution < 1.29 is 4.79 Å². The molecule has 0 bridgehead atoms. The van der Waals surface area contributed by atoms with Gasteiger partial charge in [0, 0.05) is 29.4 Å². The maximum atomic E-state index is 12.3. The minimum absolute atomic E-state index is 0.133. The van der Waals surface area contributed by atoms with Crippen LogP contribution in [0.5, 0.6) is 0 Å². The number of amides is 1. The molecule has 0 aliphatic heterocycles. The highest BCUT2D eigenvalue weighted by molar-refractivity contribution is 7.21. The lowest BCUT2D eigenvalue weighted by Crippen LogP contribution is -2.24. The van der Waals surface area contributed by atoms with E-state index in [0.29, 0.717) is 28.0 Å². The van der Waals surface area contributed by atoms with Crippen LogP contribution in [0.4, 0.5) is 0 Å². The smallest absolute Gasteiger partial charge is 0.262 e. The summed E-state index contributed by atoms with van der Waals surface area (Å²) in [7, 11) is 0. The first-order chi connectivity index (χ1) is 11.1. The second-order valence-corrected chi connectivity index (χ2v) is 7.01. The first-order valence-electron chi connectivity index (χ1n) is 7.21. The van der Waals surface area contributed by atoms with Crippen LogP contribution in [-0.4, -0.2) is 22.2 Å². The molecule has 3 rings (SSSR count). The summed E-state index contributed by atoms with van der Waals surface area (Å²) >= 11 is 13.7. The fraction of sp³-hybridized carbons (Fsp3) is 0.250. The lowest BCUT2D eigenvalue weighted by molar-refractivity contribution is 0.0957. The zero-order valence-corrected chi connectivity index (χ0v) is 14.8. The van der Waals surface area contributed by atoms with Gasteiger partial charge in [-0.2, -0.15) is 5.10 Å². The summed E-state index contributed by atoms with van der Waals surface area (Å²) in [5.41, 5.74) is 0.813. The molecule has 3 aromatic rings. The molecule has 0 unspecified atom stereocenters. The number of rotatable bonds is 5. The Morgan fingerprint density at radius 1 is 1.35 bits per heavy atom. The number of halogens is 2. The van der Waals surface area contributed by atoms with Crippen molar-refractivity contribution in [1.29, 1.82) is 0 Å². The number of thiophene rings is 1. The first kappa shape index (κ1) is 16.3. The predicted octanol–water partition coefficient (Wildman–Crippen LogP) is 4.53. The summed E-state index contributed by atoms with van der Waals surface area (Å²) in [5, 5.41) is 9.29. The van der Waals surface area contributed by atoms with E-state index in [2.05, 4.69) is 10.4 Å². The molecule has 1 N–H and O–H groups in total. The van der Waals surface area contributed by atoms with Crippen molar-refractivity contribution in [2.75, 3.05) is 6.54 Å². The lowest BCUT2D eigenvalue weighted by Gasteiger charge is -2.04. The average Bonchev–Trinajstić information content (AvgIpc) is 3.04. The quantitative estimate of drug-likeness (QED) is 0.673. The molecule has 7 heteroatoms. The first-order valence-corrected chi connectivity index (χ1v) is 8.78. The molecule has 0 radical (unpaired) electrons. The summed E-state index contributed by atoms with van der Waals surface area (Å²) in [6, 6.07) is 7.75. The summed E-state index contributed by atoms with van der Waals surface area (Å²) < 4.78 is 2.81. The van der Waals surface area contributed by atoms with Crippen LogP contribution in [-0.2, 0) is 6.54 Å². The molecular weight excluding hydrogens is 353 g/mol. The third-order valence-corrected chi connectivity index (χ3v) is 5.52.